The van der Waals surface area contributed by atoms with E-state index in [0.29, 0.717) is 5.01 Å². The van der Waals surface area contributed by atoms with Gasteiger partial charge in [0, 0.05) is 31.1 Å². The van der Waals surface area contributed by atoms with Gasteiger partial charge in [0.15, 0.2) is 10.8 Å². The summed E-state index contributed by atoms with van der Waals surface area (Å²) in [4.78, 5) is 15.4. The summed E-state index contributed by atoms with van der Waals surface area (Å²) in [6.07, 6.45) is 1.91. The topological polar surface area (TPSA) is 47.8 Å². The minimum absolute atomic E-state index is 0.00722. The zero-order chi connectivity index (χ0) is 11.0. The molecule has 0 aliphatic rings. The zero-order valence-corrected chi connectivity index (χ0v) is 9.63. The Morgan fingerprint density at radius 1 is 1.53 bits per heavy atom. The number of carbonyl (C=O) groups is 1. The molecule has 2 heterocycles. The molecule has 0 spiro atoms. The van der Waals surface area contributed by atoms with Gasteiger partial charge in [0.05, 0.1) is 11.4 Å². The number of carbonyl (C=O) groups excluding carboxylic acids is 1. The van der Waals surface area contributed by atoms with Crippen LogP contribution >= 0.6 is 11.3 Å². The van der Waals surface area contributed by atoms with E-state index in [0.717, 1.165) is 17.0 Å². The molecule has 0 fully saturated rings. The monoisotopic (exact) mass is 221 g/mol. The van der Waals surface area contributed by atoms with Gasteiger partial charge in [-0.2, -0.15) is 5.10 Å². The summed E-state index contributed by atoms with van der Waals surface area (Å²) >= 11 is 1.37. The van der Waals surface area contributed by atoms with Crippen molar-refractivity contribution in [3.05, 3.63) is 22.3 Å². The Morgan fingerprint density at radius 2 is 2.27 bits per heavy atom. The number of ketones is 1. The summed E-state index contributed by atoms with van der Waals surface area (Å²) in [5.41, 5.74) is 2.75. The van der Waals surface area contributed by atoms with E-state index < -0.39 is 0 Å². The van der Waals surface area contributed by atoms with Crippen molar-refractivity contribution in [3.8, 4) is 11.3 Å². The first-order valence-corrected chi connectivity index (χ1v) is 5.43. The number of rotatable bonds is 2. The molecule has 5 heteroatoms. The Bertz CT molecular complexity index is 512. The second-order valence-corrected chi connectivity index (χ2v) is 4.25. The molecular formula is C10H11N3OS. The molecule has 0 unspecified atom stereocenters. The average molecular weight is 221 g/mol. The largest absolute Gasteiger partial charge is 0.292 e. The first-order valence-electron chi connectivity index (χ1n) is 4.55. The minimum atomic E-state index is 0.00722. The second kappa shape index (κ2) is 3.58. The zero-order valence-electron chi connectivity index (χ0n) is 8.81. The Hall–Kier alpha value is -1.49. The lowest BCUT2D eigenvalue weighted by molar-refractivity contribution is 0.101. The fourth-order valence-electron chi connectivity index (χ4n) is 1.41. The fraction of sp³-hybridized carbons (Fsp3) is 0.300. The van der Waals surface area contributed by atoms with E-state index in [1.54, 1.807) is 4.68 Å². The number of hydrogen-bond acceptors (Lipinski definition) is 4. The van der Waals surface area contributed by atoms with Crippen LogP contribution in [0.1, 0.15) is 22.4 Å². The van der Waals surface area contributed by atoms with Crippen molar-refractivity contribution < 1.29 is 4.79 Å². The van der Waals surface area contributed by atoms with Gasteiger partial charge in [-0.25, -0.2) is 4.98 Å². The standard InChI is InChI=1S/C10H11N3OS/c1-6-8(4-13(3)12-6)9-5-15-10(11-9)7(2)14/h4-5H,1-3H3. The molecule has 0 aromatic carbocycles. The van der Waals surface area contributed by atoms with Gasteiger partial charge in [-0.15, -0.1) is 11.3 Å². The predicted octanol–water partition coefficient (Wildman–Crippen LogP) is 2.05. The summed E-state index contributed by atoms with van der Waals surface area (Å²) < 4.78 is 1.75. The van der Waals surface area contributed by atoms with E-state index in [4.69, 9.17) is 0 Å². The van der Waals surface area contributed by atoms with Gasteiger partial charge in [0.2, 0.25) is 0 Å². The lowest BCUT2D eigenvalue weighted by Gasteiger charge is -1.90. The first-order chi connectivity index (χ1) is 7.08. The van der Waals surface area contributed by atoms with Crippen LogP contribution in [-0.4, -0.2) is 20.5 Å². The maximum atomic E-state index is 11.1. The van der Waals surface area contributed by atoms with Crippen LogP contribution in [0.5, 0.6) is 0 Å². The van der Waals surface area contributed by atoms with Crippen molar-refractivity contribution in [1.82, 2.24) is 14.8 Å². The molecule has 0 saturated carbocycles. The molecule has 0 aliphatic heterocycles. The molecule has 78 valence electrons. The van der Waals surface area contributed by atoms with Gasteiger partial charge >= 0.3 is 0 Å². The van der Waals surface area contributed by atoms with E-state index in [2.05, 4.69) is 10.1 Å². The molecule has 0 bridgehead atoms. The SMILES string of the molecule is CC(=O)c1nc(-c2cn(C)nc2C)cs1. The van der Waals surface area contributed by atoms with Crippen molar-refractivity contribution >= 4 is 17.1 Å². The Balaban J connectivity index is 2.45. The fourth-order valence-corrected chi connectivity index (χ4v) is 2.13. The summed E-state index contributed by atoms with van der Waals surface area (Å²) in [6.45, 7) is 3.46. The normalized spacial score (nSPS) is 10.6. The highest BCUT2D eigenvalue weighted by atomic mass is 32.1. The number of Topliss-reactive ketones (excluding diaryl/α,β-unsaturated/α-hetero) is 1. The molecule has 0 saturated heterocycles. The molecular weight excluding hydrogens is 210 g/mol. The van der Waals surface area contributed by atoms with Crippen LogP contribution in [0, 0.1) is 6.92 Å². The second-order valence-electron chi connectivity index (χ2n) is 3.40. The average Bonchev–Trinajstić information content (AvgIpc) is 2.71. The number of hydrogen-bond donors (Lipinski definition) is 0. The van der Waals surface area contributed by atoms with Crippen LogP contribution in [0.15, 0.2) is 11.6 Å². The quantitative estimate of drug-likeness (QED) is 0.729. The van der Waals surface area contributed by atoms with Crippen LogP contribution < -0.4 is 0 Å². The van der Waals surface area contributed by atoms with Gasteiger partial charge in [-0.05, 0) is 6.92 Å². The van der Waals surface area contributed by atoms with Crippen LogP contribution in [0.4, 0.5) is 0 Å². The van der Waals surface area contributed by atoms with Crippen LogP contribution in [-0.2, 0) is 7.05 Å². The highest BCUT2D eigenvalue weighted by Gasteiger charge is 2.11. The van der Waals surface area contributed by atoms with Crippen LogP contribution in [0.2, 0.25) is 0 Å². The van der Waals surface area contributed by atoms with Crippen molar-refractivity contribution in [2.45, 2.75) is 13.8 Å². The maximum absolute atomic E-state index is 11.1. The van der Waals surface area contributed by atoms with Crippen LogP contribution in [0.3, 0.4) is 0 Å². The third-order valence-electron chi connectivity index (χ3n) is 2.09. The molecule has 2 aromatic rings. The summed E-state index contributed by atoms with van der Waals surface area (Å²) in [7, 11) is 1.87. The highest BCUT2D eigenvalue weighted by Crippen LogP contribution is 2.24. The molecule has 0 atom stereocenters. The summed E-state index contributed by atoms with van der Waals surface area (Å²) in [5.74, 6) is 0.00722. The molecule has 4 nitrogen and oxygen atoms in total. The molecule has 15 heavy (non-hydrogen) atoms. The number of nitrogens with zero attached hydrogens (tertiary/aromatic N) is 3. The Labute approximate surface area is 91.6 Å². The summed E-state index contributed by atoms with van der Waals surface area (Å²) in [6, 6.07) is 0. The summed E-state index contributed by atoms with van der Waals surface area (Å²) in [5, 5.41) is 6.68. The van der Waals surface area contributed by atoms with Crippen molar-refractivity contribution in [1.29, 1.82) is 0 Å². The number of thiazole rings is 1. The first kappa shape index (κ1) is 10.0. The molecule has 2 aromatic heterocycles. The minimum Gasteiger partial charge on any atom is -0.292 e. The van der Waals surface area contributed by atoms with E-state index in [9.17, 15) is 4.79 Å². The molecule has 0 aliphatic carbocycles. The number of aromatic nitrogens is 3. The molecule has 0 radical (unpaired) electrons. The van der Waals surface area contributed by atoms with Crippen molar-refractivity contribution in [2.24, 2.45) is 7.05 Å². The molecule has 0 amide bonds. The van der Waals surface area contributed by atoms with Gasteiger partial charge in [-0.1, -0.05) is 0 Å². The third kappa shape index (κ3) is 1.83. The predicted molar refractivity (Wildman–Crippen MR) is 59.1 cm³/mol. The van der Waals surface area contributed by atoms with Crippen molar-refractivity contribution in [3.63, 3.8) is 0 Å². The van der Waals surface area contributed by atoms with E-state index in [-0.39, 0.29) is 5.78 Å². The third-order valence-corrected chi connectivity index (χ3v) is 3.04. The van der Waals surface area contributed by atoms with Gasteiger partial charge in [-0.3, -0.25) is 9.48 Å². The number of aryl methyl sites for hydroxylation is 2. The molecule has 0 N–H and O–H groups in total. The lowest BCUT2D eigenvalue weighted by Crippen LogP contribution is -1.89. The molecule has 2 rings (SSSR count). The Kier molecular flexibility index (Phi) is 2.40. The van der Waals surface area contributed by atoms with Gasteiger partial charge in [0.25, 0.3) is 0 Å². The van der Waals surface area contributed by atoms with Crippen molar-refractivity contribution in [2.75, 3.05) is 0 Å². The van der Waals surface area contributed by atoms with Gasteiger partial charge in [0.1, 0.15) is 0 Å². The van der Waals surface area contributed by atoms with Gasteiger partial charge < -0.3 is 0 Å². The maximum Gasteiger partial charge on any atom is 0.188 e. The van der Waals surface area contributed by atoms with Crippen LogP contribution in [0.25, 0.3) is 11.3 Å². The smallest absolute Gasteiger partial charge is 0.188 e. The van der Waals surface area contributed by atoms with E-state index in [1.807, 2.05) is 25.5 Å². The Morgan fingerprint density at radius 3 is 2.73 bits per heavy atom. The lowest BCUT2D eigenvalue weighted by atomic mass is 10.2. The highest BCUT2D eigenvalue weighted by molar-refractivity contribution is 7.12. The van der Waals surface area contributed by atoms with E-state index in [1.165, 1.54) is 18.3 Å². The van der Waals surface area contributed by atoms with E-state index >= 15 is 0 Å².